The Morgan fingerprint density at radius 3 is 2.76 bits per heavy atom. The highest BCUT2D eigenvalue weighted by Crippen LogP contribution is 2.45. The molecule has 17 heavy (non-hydrogen) atoms. The molecule has 94 valence electrons. The number of fused-ring (bicyclic) bond motifs is 1. The average molecular weight is 274 g/mol. The quantitative estimate of drug-likeness (QED) is 0.840. The first-order chi connectivity index (χ1) is 7.57. The van der Waals surface area contributed by atoms with Crippen LogP contribution in [0.25, 0.3) is 0 Å². The minimum absolute atomic E-state index is 0. The Bertz CT molecular complexity index is 400. The summed E-state index contributed by atoms with van der Waals surface area (Å²) in [6, 6.07) is 8.08. The van der Waals surface area contributed by atoms with Crippen molar-refractivity contribution in [1.82, 2.24) is 0 Å². The van der Waals surface area contributed by atoms with E-state index in [0.717, 1.165) is 0 Å². The molecule has 1 aromatic rings. The number of hydrogen-bond donors (Lipinski definition) is 1. The van der Waals surface area contributed by atoms with E-state index in [-0.39, 0.29) is 24.3 Å². The lowest BCUT2D eigenvalue weighted by Crippen LogP contribution is -2.46. The van der Waals surface area contributed by atoms with E-state index in [2.05, 4.69) is 6.07 Å². The summed E-state index contributed by atoms with van der Waals surface area (Å²) in [5.41, 5.74) is 7.51. The van der Waals surface area contributed by atoms with Gasteiger partial charge < -0.3 is 10.5 Å². The Labute approximate surface area is 112 Å². The largest absolute Gasteiger partial charge is 0.469 e. The fourth-order valence-corrected chi connectivity index (χ4v) is 3.23. The number of carbonyl (C=O) groups excluding carboxylic acids is 1. The summed E-state index contributed by atoms with van der Waals surface area (Å²) in [4.78, 5) is 12.1. The number of thioether (sulfide) groups is 1. The van der Waals surface area contributed by atoms with Gasteiger partial charge in [-0.05, 0) is 18.6 Å². The first-order valence-electron chi connectivity index (χ1n) is 5.20. The summed E-state index contributed by atoms with van der Waals surface area (Å²) in [6.45, 7) is 1.82. The van der Waals surface area contributed by atoms with Crippen LogP contribution in [0.3, 0.4) is 0 Å². The maximum absolute atomic E-state index is 11.5. The van der Waals surface area contributed by atoms with Crippen molar-refractivity contribution in [3.05, 3.63) is 29.8 Å². The van der Waals surface area contributed by atoms with Gasteiger partial charge in [-0.25, -0.2) is 0 Å². The van der Waals surface area contributed by atoms with Gasteiger partial charge in [0.2, 0.25) is 0 Å². The van der Waals surface area contributed by atoms with Gasteiger partial charge in [0.05, 0.1) is 17.9 Å². The predicted octanol–water partition coefficient (Wildman–Crippen LogP) is 2.22. The van der Waals surface area contributed by atoms with Crippen molar-refractivity contribution in [2.24, 2.45) is 11.7 Å². The SMILES string of the molecule is COC(=O)C(C)C1(N)Cc2ccccc2S1.Cl. The molecule has 1 aromatic carbocycles. The molecule has 1 aliphatic heterocycles. The van der Waals surface area contributed by atoms with Crippen LogP contribution < -0.4 is 5.73 Å². The summed E-state index contributed by atoms with van der Waals surface area (Å²) >= 11 is 1.57. The van der Waals surface area contributed by atoms with Crippen molar-refractivity contribution >= 4 is 30.1 Å². The lowest BCUT2D eigenvalue weighted by Gasteiger charge is -2.27. The summed E-state index contributed by atoms with van der Waals surface area (Å²) in [5, 5.41) is 0. The van der Waals surface area contributed by atoms with Gasteiger partial charge in [0.25, 0.3) is 0 Å². The number of esters is 1. The molecule has 0 aromatic heterocycles. The van der Waals surface area contributed by atoms with Gasteiger partial charge in [-0.15, -0.1) is 24.2 Å². The smallest absolute Gasteiger partial charge is 0.311 e. The van der Waals surface area contributed by atoms with Crippen LogP contribution >= 0.6 is 24.2 Å². The molecule has 0 fully saturated rings. The molecular formula is C12H16ClNO2S. The van der Waals surface area contributed by atoms with Crippen molar-refractivity contribution in [3.63, 3.8) is 0 Å². The third kappa shape index (κ3) is 2.59. The first-order valence-corrected chi connectivity index (χ1v) is 6.02. The molecule has 2 unspecified atom stereocenters. The van der Waals surface area contributed by atoms with E-state index in [1.54, 1.807) is 11.8 Å². The zero-order chi connectivity index (χ0) is 11.8. The van der Waals surface area contributed by atoms with E-state index in [4.69, 9.17) is 10.5 Å². The maximum atomic E-state index is 11.5. The van der Waals surface area contributed by atoms with Crippen molar-refractivity contribution in [1.29, 1.82) is 0 Å². The molecule has 0 bridgehead atoms. The van der Waals surface area contributed by atoms with Crippen LogP contribution in [-0.2, 0) is 16.0 Å². The number of carbonyl (C=O) groups is 1. The Kier molecular flexibility index (Phi) is 4.47. The minimum Gasteiger partial charge on any atom is -0.469 e. The van der Waals surface area contributed by atoms with Crippen molar-refractivity contribution in [2.75, 3.05) is 7.11 Å². The van der Waals surface area contributed by atoms with Crippen LogP contribution in [-0.4, -0.2) is 18.0 Å². The van der Waals surface area contributed by atoms with Gasteiger partial charge in [0.15, 0.2) is 0 Å². The normalized spacial score (nSPS) is 23.5. The third-order valence-electron chi connectivity index (χ3n) is 3.03. The van der Waals surface area contributed by atoms with E-state index >= 15 is 0 Å². The fourth-order valence-electron chi connectivity index (χ4n) is 1.91. The molecule has 2 N–H and O–H groups in total. The van der Waals surface area contributed by atoms with E-state index < -0.39 is 4.87 Å². The maximum Gasteiger partial charge on any atom is 0.311 e. The zero-order valence-corrected chi connectivity index (χ0v) is 11.4. The molecule has 0 saturated carbocycles. The molecule has 1 heterocycles. The van der Waals surface area contributed by atoms with E-state index in [1.807, 2.05) is 25.1 Å². The topological polar surface area (TPSA) is 52.3 Å². The second-order valence-electron chi connectivity index (χ2n) is 4.09. The highest BCUT2D eigenvalue weighted by atomic mass is 35.5. The lowest BCUT2D eigenvalue weighted by atomic mass is 9.95. The fraction of sp³-hybridized carbons (Fsp3) is 0.417. The molecule has 2 atom stereocenters. The molecule has 3 nitrogen and oxygen atoms in total. The molecule has 0 amide bonds. The molecule has 0 spiro atoms. The molecule has 0 saturated heterocycles. The average Bonchev–Trinajstić information content (AvgIpc) is 2.64. The number of benzene rings is 1. The molecule has 0 aliphatic carbocycles. The van der Waals surface area contributed by atoms with E-state index in [1.165, 1.54) is 17.6 Å². The van der Waals surface area contributed by atoms with Gasteiger partial charge in [-0.1, -0.05) is 18.2 Å². The highest BCUT2D eigenvalue weighted by Gasteiger charge is 2.43. The van der Waals surface area contributed by atoms with Gasteiger partial charge >= 0.3 is 5.97 Å². The zero-order valence-electron chi connectivity index (χ0n) is 9.80. The highest BCUT2D eigenvalue weighted by molar-refractivity contribution is 8.01. The number of hydrogen-bond acceptors (Lipinski definition) is 4. The number of halogens is 1. The molecular weight excluding hydrogens is 258 g/mol. The van der Waals surface area contributed by atoms with Gasteiger partial charge in [0.1, 0.15) is 0 Å². The van der Waals surface area contributed by atoms with Crippen LogP contribution in [0.15, 0.2) is 29.2 Å². The number of methoxy groups -OCH3 is 1. The van der Waals surface area contributed by atoms with Crippen molar-refractivity contribution in [3.8, 4) is 0 Å². The van der Waals surface area contributed by atoms with E-state index in [9.17, 15) is 4.79 Å². The Morgan fingerprint density at radius 1 is 1.53 bits per heavy atom. The molecule has 1 aliphatic rings. The second-order valence-corrected chi connectivity index (χ2v) is 5.49. The van der Waals surface area contributed by atoms with Crippen LogP contribution in [0.2, 0.25) is 0 Å². The van der Waals surface area contributed by atoms with Crippen LogP contribution in [0.4, 0.5) is 0 Å². The minimum atomic E-state index is -0.573. The number of rotatable bonds is 2. The second kappa shape index (κ2) is 5.29. The van der Waals surface area contributed by atoms with Crippen LogP contribution in [0.1, 0.15) is 12.5 Å². The Morgan fingerprint density at radius 2 is 2.18 bits per heavy atom. The van der Waals surface area contributed by atoms with Crippen LogP contribution in [0, 0.1) is 5.92 Å². The molecule has 2 rings (SSSR count). The predicted molar refractivity (Wildman–Crippen MR) is 71.3 cm³/mol. The molecule has 5 heteroatoms. The monoisotopic (exact) mass is 273 g/mol. The molecule has 0 radical (unpaired) electrons. The summed E-state index contributed by atoms with van der Waals surface area (Å²) < 4.78 is 4.76. The first kappa shape index (κ1) is 14.4. The lowest BCUT2D eigenvalue weighted by molar-refractivity contribution is -0.145. The Hall–Kier alpha value is -0.710. The van der Waals surface area contributed by atoms with Crippen LogP contribution in [0.5, 0.6) is 0 Å². The van der Waals surface area contributed by atoms with Crippen molar-refractivity contribution < 1.29 is 9.53 Å². The standard InChI is InChI=1S/C12H15NO2S.ClH/c1-8(11(14)15-2)12(13)7-9-5-3-4-6-10(9)16-12;/h3-6,8H,7,13H2,1-2H3;1H. The third-order valence-corrected chi connectivity index (χ3v) is 4.52. The van der Waals surface area contributed by atoms with Gasteiger partial charge in [-0.3, -0.25) is 4.79 Å². The van der Waals surface area contributed by atoms with Gasteiger partial charge in [0, 0.05) is 11.3 Å². The Balaban J connectivity index is 0.00000144. The summed E-state index contributed by atoms with van der Waals surface area (Å²) in [7, 11) is 1.40. The summed E-state index contributed by atoms with van der Waals surface area (Å²) in [6.07, 6.45) is 0.712. The number of ether oxygens (including phenoxy) is 1. The van der Waals surface area contributed by atoms with Crippen molar-refractivity contribution in [2.45, 2.75) is 23.1 Å². The van der Waals surface area contributed by atoms with Gasteiger partial charge in [-0.2, -0.15) is 0 Å². The number of nitrogens with two attached hydrogens (primary N) is 1. The summed E-state index contributed by atoms with van der Waals surface area (Å²) in [5.74, 6) is -0.558. The van der Waals surface area contributed by atoms with E-state index in [0.29, 0.717) is 6.42 Å².